The molecule has 0 saturated heterocycles. The Bertz CT molecular complexity index is 2680. The molecular weight excluding hydrogens is 629 g/mol. The first-order valence-corrected chi connectivity index (χ1v) is 16.8. The molecule has 0 atom stereocenters. The third-order valence-corrected chi connectivity index (χ3v) is 10.2. The van der Waals surface area contributed by atoms with Gasteiger partial charge < -0.3 is 9.47 Å². The van der Waals surface area contributed by atoms with E-state index in [9.17, 15) is 9.59 Å². The second-order valence-corrected chi connectivity index (χ2v) is 12.9. The fraction of sp³-hybridized carbons (Fsp3) is 0.0213. The van der Waals surface area contributed by atoms with Crippen molar-refractivity contribution in [2.75, 3.05) is 0 Å². The molecule has 242 valence electrons. The smallest absolute Gasteiger partial charge is 0.335 e. The molecule has 0 heterocycles. The van der Waals surface area contributed by atoms with Gasteiger partial charge in [0.05, 0.1) is 5.41 Å². The number of rotatable bonds is 6. The minimum Gasteiger partial charge on any atom is -0.423 e. The molecule has 0 unspecified atom stereocenters. The van der Waals surface area contributed by atoms with Crippen molar-refractivity contribution in [1.29, 1.82) is 0 Å². The molecule has 0 saturated carbocycles. The first-order valence-electron chi connectivity index (χ1n) is 16.8. The van der Waals surface area contributed by atoms with Gasteiger partial charge in [-0.15, -0.1) is 0 Å². The lowest BCUT2D eigenvalue weighted by Gasteiger charge is -2.35. The van der Waals surface area contributed by atoms with Crippen molar-refractivity contribution in [2.45, 2.75) is 5.41 Å². The Balaban J connectivity index is 1.38. The highest BCUT2D eigenvalue weighted by Crippen LogP contribution is 2.60. The maximum absolute atomic E-state index is 12.0. The first kappa shape index (κ1) is 30.3. The molecule has 0 aliphatic heterocycles. The maximum atomic E-state index is 12.0. The molecule has 0 amide bonds. The van der Waals surface area contributed by atoms with Crippen molar-refractivity contribution in [3.8, 4) is 22.6 Å². The van der Waals surface area contributed by atoms with Crippen LogP contribution in [0.1, 0.15) is 22.3 Å². The summed E-state index contributed by atoms with van der Waals surface area (Å²) in [6.07, 6.45) is 2.33. The largest absolute Gasteiger partial charge is 0.423 e. The molecule has 8 aromatic rings. The van der Waals surface area contributed by atoms with Gasteiger partial charge in [0.2, 0.25) is 0 Å². The van der Waals surface area contributed by atoms with E-state index in [0.717, 1.165) is 44.8 Å². The molecule has 9 rings (SSSR count). The molecule has 0 N–H and O–H groups in total. The van der Waals surface area contributed by atoms with Gasteiger partial charge in [-0.1, -0.05) is 122 Å². The fourth-order valence-corrected chi connectivity index (χ4v) is 8.02. The molecule has 4 heteroatoms. The zero-order valence-corrected chi connectivity index (χ0v) is 27.6. The quantitative estimate of drug-likeness (QED) is 0.101. The number of benzene rings is 8. The van der Waals surface area contributed by atoms with Crippen molar-refractivity contribution in [3.63, 3.8) is 0 Å². The second-order valence-electron chi connectivity index (χ2n) is 12.9. The van der Waals surface area contributed by atoms with E-state index in [1.165, 1.54) is 43.8 Å². The van der Waals surface area contributed by atoms with E-state index in [-0.39, 0.29) is 0 Å². The lowest BCUT2D eigenvalue weighted by molar-refractivity contribution is -0.129. The highest BCUT2D eigenvalue weighted by atomic mass is 16.5. The van der Waals surface area contributed by atoms with E-state index in [1.54, 1.807) is 0 Å². The fourth-order valence-electron chi connectivity index (χ4n) is 8.02. The van der Waals surface area contributed by atoms with Crippen LogP contribution in [0.4, 0.5) is 0 Å². The lowest BCUT2D eigenvalue weighted by Crippen LogP contribution is -2.29. The van der Waals surface area contributed by atoms with Gasteiger partial charge in [0, 0.05) is 12.2 Å². The van der Waals surface area contributed by atoms with Crippen molar-refractivity contribution in [2.24, 2.45) is 0 Å². The standard InChI is InChI=1S/C47H30O4/c1-3-43(48)50-37-21-15-31-25-35(19-13-33(31)27-37)47(36-20-14-34-28-38(51-44(49)4-2)22-16-32(34)26-36)42-24-18-29-9-5-7-11-39(29)45(42)41-23-17-30-10-6-8-12-40(30)46(41)47/h3-28H,1-2H2. The van der Waals surface area contributed by atoms with Crippen LogP contribution in [0, 0.1) is 0 Å². The molecule has 4 nitrogen and oxygen atoms in total. The lowest BCUT2D eigenvalue weighted by atomic mass is 9.66. The molecule has 0 spiro atoms. The zero-order valence-electron chi connectivity index (χ0n) is 27.6. The summed E-state index contributed by atoms with van der Waals surface area (Å²) in [5.74, 6) is -0.0518. The van der Waals surface area contributed by atoms with Gasteiger partial charge in [-0.2, -0.15) is 0 Å². The summed E-state index contributed by atoms with van der Waals surface area (Å²) < 4.78 is 10.9. The minimum absolute atomic E-state index is 0.469. The Kier molecular flexibility index (Phi) is 6.94. The van der Waals surface area contributed by atoms with Crippen LogP contribution in [0.2, 0.25) is 0 Å². The summed E-state index contributed by atoms with van der Waals surface area (Å²) in [6.45, 7) is 7.06. The van der Waals surface area contributed by atoms with Crippen LogP contribution in [-0.2, 0) is 15.0 Å². The van der Waals surface area contributed by atoms with E-state index in [4.69, 9.17) is 9.47 Å². The van der Waals surface area contributed by atoms with Gasteiger partial charge in [0.1, 0.15) is 11.5 Å². The molecule has 8 aromatic carbocycles. The molecular formula is C47H30O4. The van der Waals surface area contributed by atoms with E-state index in [0.29, 0.717) is 11.5 Å². The Hall–Kier alpha value is -6.78. The Morgan fingerprint density at radius 2 is 0.961 bits per heavy atom. The van der Waals surface area contributed by atoms with Gasteiger partial charge in [-0.25, -0.2) is 9.59 Å². The van der Waals surface area contributed by atoms with Crippen LogP contribution in [0.25, 0.3) is 54.2 Å². The molecule has 0 bridgehead atoms. The van der Waals surface area contributed by atoms with Crippen molar-refractivity contribution in [3.05, 3.63) is 193 Å². The third kappa shape index (κ3) is 4.68. The van der Waals surface area contributed by atoms with Gasteiger partial charge >= 0.3 is 11.9 Å². The van der Waals surface area contributed by atoms with Gasteiger partial charge in [0.15, 0.2) is 0 Å². The van der Waals surface area contributed by atoms with E-state index in [2.05, 4.69) is 122 Å². The van der Waals surface area contributed by atoms with Crippen molar-refractivity contribution >= 4 is 55.0 Å². The number of esters is 2. The van der Waals surface area contributed by atoms with E-state index in [1.807, 2.05) is 36.4 Å². The number of ether oxygens (including phenoxy) is 2. The number of carbonyl (C=O) groups is 2. The van der Waals surface area contributed by atoms with Crippen LogP contribution in [0.5, 0.6) is 11.5 Å². The average Bonchev–Trinajstić information content (AvgIpc) is 3.49. The summed E-state index contributed by atoms with van der Waals surface area (Å²) in [6, 6.07) is 50.9. The van der Waals surface area contributed by atoms with Gasteiger partial charge in [0.25, 0.3) is 0 Å². The summed E-state index contributed by atoms with van der Waals surface area (Å²) in [5.41, 5.74) is 6.41. The van der Waals surface area contributed by atoms with E-state index >= 15 is 0 Å². The summed E-state index contributed by atoms with van der Waals surface area (Å²) in [4.78, 5) is 24.0. The molecule has 1 aliphatic carbocycles. The maximum Gasteiger partial charge on any atom is 0.335 e. The molecule has 0 aromatic heterocycles. The van der Waals surface area contributed by atoms with Crippen molar-refractivity contribution in [1.82, 2.24) is 0 Å². The van der Waals surface area contributed by atoms with Crippen LogP contribution in [0.3, 0.4) is 0 Å². The number of fused-ring (bicyclic) bond motifs is 9. The molecule has 0 fully saturated rings. The predicted octanol–water partition coefficient (Wildman–Crippen LogP) is 10.8. The van der Waals surface area contributed by atoms with Gasteiger partial charge in [-0.05, 0) is 113 Å². The zero-order chi connectivity index (χ0) is 34.7. The number of hydrogen-bond donors (Lipinski definition) is 0. The second kappa shape index (κ2) is 11.7. The van der Waals surface area contributed by atoms with Crippen molar-refractivity contribution < 1.29 is 19.1 Å². The summed E-state index contributed by atoms with van der Waals surface area (Å²) >= 11 is 0. The molecule has 0 radical (unpaired) electrons. The van der Waals surface area contributed by atoms with Gasteiger partial charge in [-0.3, -0.25) is 0 Å². The highest BCUT2D eigenvalue weighted by Gasteiger charge is 2.48. The Morgan fingerprint density at radius 3 is 1.55 bits per heavy atom. The SMILES string of the molecule is C=CC(=O)Oc1ccc2cc(C3(c4ccc5cc(OC(=O)C=C)ccc5c4)c4ccc5ccccc5c4-c4ccc5ccccc5c43)ccc2c1. The number of carbonyl (C=O) groups excluding carboxylic acids is 2. The van der Waals surface area contributed by atoms with Crippen LogP contribution in [0.15, 0.2) is 171 Å². The normalized spacial score (nSPS) is 12.8. The monoisotopic (exact) mass is 658 g/mol. The number of hydrogen-bond acceptors (Lipinski definition) is 4. The Morgan fingerprint density at radius 1 is 0.490 bits per heavy atom. The van der Waals surface area contributed by atoms with Crippen LogP contribution < -0.4 is 9.47 Å². The minimum atomic E-state index is -0.708. The molecule has 1 aliphatic rings. The summed E-state index contributed by atoms with van der Waals surface area (Å²) in [5, 5.41) is 8.71. The third-order valence-electron chi connectivity index (χ3n) is 10.2. The predicted molar refractivity (Wildman–Crippen MR) is 205 cm³/mol. The molecule has 51 heavy (non-hydrogen) atoms. The average molecular weight is 659 g/mol. The summed E-state index contributed by atoms with van der Waals surface area (Å²) in [7, 11) is 0. The Labute approximate surface area is 294 Å². The topological polar surface area (TPSA) is 52.6 Å². The van der Waals surface area contributed by atoms with Crippen LogP contribution in [-0.4, -0.2) is 11.9 Å². The first-order chi connectivity index (χ1) is 25.0. The highest BCUT2D eigenvalue weighted by molar-refractivity contribution is 6.09. The van der Waals surface area contributed by atoms with Crippen LogP contribution >= 0.6 is 0 Å². The van der Waals surface area contributed by atoms with E-state index < -0.39 is 17.4 Å².